The Morgan fingerprint density at radius 1 is 1.13 bits per heavy atom. The molecule has 2 N–H and O–H groups in total. The van der Waals surface area contributed by atoms with Gasteiger partial charge in [0.2, 0.25) is 0 Å². The van der Waals surface area contributed by atoms with Crippen molar-refractivity contribution >= 4 is 45.0 Å². The summed E-state index contributed by atoms with van der Waals surface area (Å²) in [6.45, 7) is 2.05. The smallest absolute Gasteiger partial charge is 0.166 e. The van der Waals surface area contributed by atoms with Crippen LogP contribution in [0.5, 0.6) is 0 Å². The number of hydrogen-bond acceptors (Lipinski definition) is 3. The number of thiocarbonyl (C=S) groups is 1. The van der Waals surface area contributed by atoms with Crippen molar-refractivity contribution in [3.8, 4) is 0 Å². The Morgan fingerprint density at radius 2 is 1.87 bits per heavy atom. The number of aromatic nitrogens is 1. The van der Waals surface area contributed by atoms with Gasteiger partial charge in [-0.1, -0.05) is 59.9 Å². The number of amidine groups is 1. The molecule has 0 spiro atoms. The molecule has 2 aromatic carbocycles. The lowest BCUT2D eigenvalue weighted by atomic mass is 10.1. The predicted octanol–water partition coefficient (Wildman–Crippen LogP) is 4.33. The summed E-state index contributed by atoms with van der Waals surface area (Å²) >= 11 is 6.74. The number of rotatable bonds is 2. The topological polar surface area (TPSA) is 51.3 Å². The molecule has 0 saturated heterocycles. The van der Waals surface area contributed by atoms with E-state index in [9.17, 15) is 0 Å². The van der Waals surface area contributed by atoms with E-state index in [0.717, 1.165) is 21.4 Å². The van der Waals surface area contributed by atoms with E-state index in [1.807, 2.05) is 54.6 Å². The van der Waals surface area contributed by atoms with Gasteiger partial charge in [0.1, 0.15) is 5.84 Å². The summed E-state index contributed by atoms with van der Waals surface area (Å²) in [5.41, 5.74) is 8.99. The minimum atomic E-state index is 0.382. The lowest BCUT2D eigenvalue weighted by Gasteiger charge is -2.04. The zero-order chi connectivity index (χ0) is 16.2. The highest BCUT2D eigenvalue weighted by Gasteiger charge is 2.04. The molecule has 0 unspecified atom stereocenters. The summed E-state index contributed by atoms with van der Waals surface area (Å²) in [6.07, 6.45) is 1.72. The summed E-state index contributed by atoms with van der Waals surface area (Å²) in [5, 5.41) is 1.03. The molecular formula is C18H15N3S2. The van der Waals surface area contributed by atoms with E-state index in [4.69, 9.17) is 18.0 Å². The standard InChI is InChI=1S/C18H15N3S2/c1-12-6-8-15(9-7-12)23-18(22)21-17(19)14-10-13-4-2-3-5-16(13)20-11-14/h2-11H,1H3,(H2,19,21,22). The molecule has 23 heavy (non-hydrogen) atoms. The van der Waals surface area contributed by atoms with Crippen LogP contribution in [-0.2, 0) is 0 Å². The van der Waals surface area contributed by atoms with Gasteiger partial charge in [-0.2, -0.15) is 0 Å². The number of benzene rings is 2. The molecule has 5 heteroatoms. The number of para-hydroxylation sites is 1. The fraction of sp³-hybridized carbons (Fsp3) is 0.0556. The zero-order valence-corrected chi connectivity index (χ0v) is 14.2. The maximum atomic E-state index is 6.07. The molecule has 3 nitrogen and oxygen atoms in total. The summed E-state index contributed by atoms with van der Waals surface area (Å²) < 4.78 is 0.486. The molecule has 3 rings (SSSR count). The fourth-order valence-corrected chi connectivity index (χ4v) is 3.11. The van der Waals surface area contributed by atoms with Gasteiger partial charge < -0.3 is 5.73 Å². The molecule has 114 valence electrons. The van der Waals surface area contributed by atoms with E-state index in [0.29, 0.717) is 10.2 Å². The van der Waals surface area contributed by atoms with Crippen LogP contribution in [0.2, 0.25) is 0 Å². The Kier molecular flexibility index (Phi) is 4.69. The number of aliphatic imine (C=N–C) groups is 1. The van der Waals surface area contributed by atoms with E-state index in [-0.39, 0.29) is 0 Å². The van der Waals surface area contributed by atoms with Crippen LogP contribution in [0, 0.1) is 6.92 Å². The lowest BCUT2D eigenvalue weighted by molar-refractivity contribution is 1.38. The molecule has 0 saturated carbocycles. The number of nitrogens with two attached hydrogens (primary N) is 1. The van der Waals surface area contributed by atoms with E-state index in [1.54, 1.807) is 6.20 Å². The van der Waals surface area contributed by atoms with Gasteiger partial charge in [-0.3, -0.25) is 4.98 Å². The summed E-state index contributed by atoms with van der Waals surface area (Å²) in [5.74, 6) is 0.382. The second-order valence-corrected chi connectivity index (χ2v) is 6.80. The number of fused-ring (bicyclic) bond motifs is 1. The van der Waals surface area contributed by atoms with E-state index in [1.165, 1.54) is 17.3 Å². The first-order valence-electron chi connectivity index (χ1n) is 7.09. The molecule has 0 amide bonds. The van der Waals surface area contributed by atoms with E-state index < -0.39 is 0 Å². The van der Waals surface area contributed by atoms with Crippen LogP contribution in [-0.4, -0.2) is 15.1 Å². The molecule has 1 heterocycles. The average molecular weight is 337 g/mol. The van der Waals surface area contributed by atoms with Crippen LogP contribution < -0.4 is 5.73 Å². The number of hydrogen-bond donors (Lipinski definition) is 1. The lowest BCUT2D eigenvalue weighted by Crippen LogP contribution is -2.14. The molecule has 0 radical (unpaired) electrons. The highest BCUT2D eigenvalue weighted by Crippen LogP contribution is 2.21. The number of nitrogens with zero attached hydrogens (tertiary/aromatic N) is 2. The quantitative estimate of drug-likeness (QED) is 0.327. The minimum Gasteiger partial charge on any atom is -0.383 e. The summed E-state index contributed by atoms with van der Waals surface area (Å²) in [7, 11) is 0. The van der Waals surface area contributed by atoms with Crippen LogP contribution >= 0.6 is 24.0 Å². The van der Waals surface area contributed by atoms with Crippen molar-refractivity contribution in [1.82, 2.24) is 4.98 Å². The first-order valence-corrected chi connectivity index (χ1v) is 8.32. The fourth-order valence-electron chi connectivity index (χ4n) is 2.10. The first kappa shape index (κ1) is 15.6. The second kappa shape index (κ2) is 6.89. The largest absolute Gasteiger partial charge is 0.383 e. The van der Waals surface area contributed by atoms with Gasteiger partial charge in [0.15, 0.2) is 4.32 Å². The average Bonchev–Trinajstić information content (AvgIpc) is 2.56. The van der Waals surface area contributed by atoms with Crippen LogP contribution in [0.4, 0.5) is 0 Å². The van der Waals surface area contributed by atoms with Gasteiger partial charge in [0, 0.05) is 22.0 Å². The molecule has 0 bridgehead atoms. The summed E-state index contributed by atoms with van der Waals surface area (Å²) in [6, 6.07) is 18.0. The highest BCUT2D eigenvalue weighted by molar-refractivity contribution is 8.23. The molecule has 0 aliphatic rings. The SMILES string of the molecule is Cc1ccc(SC(=S)/N=C(\N)c2cnc3ccccc3c2)cc1. The zero-order valence-electron chi connectivity index (χ0n) is 12.6. The van der Waals surface area contributed by atoms with Crippen molar-refractivity contribution in [2.24, 2.45) is 10.7 Å². The van der Waals surface area contributed by atoms with Crippen molar-refractivity contribution in [1.29, 1.82) is 0 Å². The van der Waals surface area contributed by atoms with E-state index >= 15 is 0 Å². The monoisotopic (exact) mass is 337 g/mol. The Bertz CT molecular complexity index is 886. The van der Waals surface area contributed by atoms with Crippen LogP contribution in [0.15, 0.2) is 70.7 Å². The summed E-state index contributed by atoms with van der Waals surface area (Å²) in [4.78, 5) is 9.76. The normalized spacial score (nSPS) is 11.6. The molecule has 1 aromatic heterocycles. The number of thioether (sulfide) groups is 1. The predicted molar refractivity (Wildman–Crippen MR) is 102 cm³/mol. The van der Waals surface area contributed by atoms with Crippen molar-refractivity contribution < 1.29 is 0 Å². The third-order valence-corrected chi connectivity index (χ3v) is 4.44. The molecule has 0 atom stereocenters. The first-order chi connectivity index (χ1) is 11.1. The van der Waals surface area contributed by atoms with Gasteiger partial charge in [0.05, 0.1) is 5.52 Å². The Morgan fingerprint density at radius 3 is 2.65 bits per heavy atom. The van der Waals surface area contributed by atoms with Gasteiger partial charge in [0.25, 0.3) is 0 Å². The highest BCUT2D eigenvalue weighted by atomic mass is 32.2. The number of pyridine rings is 1. The molecule has 0 fully saturated rings. The van der Waals surface area contributed by atoms with Gasteiger partial charge in [-0.25, -0.2) is 4.99 Å². The third-order valence-electron chi connectivity index (χ3n) is 3.32. The minimum absolute atomic E-state index is 0.382. The van der Waals surface area contributed by atoms with Gasteiger partial charge in [-0.15, -0.1) is 0 Å². The Hall–Kier alpha value is -2.24. The second-order valence-electron chi connectivity index (χ2n) is 5.09. The molecule has 0 aliphatic heterocycles. The molecule has 0 aliphatic carbocycles. The third kappa shape index (κ3) is 3.94. The Balaban J connectivity index is 1.79. The Labute approximate surface area is 144 Å². The van der Waals surface area contributed by atoms with Gasteiger partial charge >= 0.3 is 0 Å². The van der Waals surface area contributed by atoms with Crippen LogP contribution in [0.3, 0.4) is 0 Å². The number of aryl methyl sites for hydroxylation is 1. The van der Waals surface area contributed by atoms with E-state index in [2.05, 4.69) is 16.9 Å². The maximum Gasteiger partial charge on any atom is 0.166 e. The molecule has 3 aromatic rings. The van der Waals surface area contributed by atoms with Gasteiger partial charge in [-0.05, 0) is 31.2 Å². The maximum absolute atomic E-state index is 6.07. The van der Waals surface area contributed by atoms with Crippen LogP contribution in [0.25, 0.3) is 10.9 Å². The van der Waals surface area contributed by atoms with Crippen molar-refractivity contribution in [2.45, 2.75) is 11.8 Å². The van der Waals surface area contributed by atoms with Crippen molar-refractivity contribution in [3.05, 3.63) is 71.9 Å². The van der Waals surface area contributed by atoms with Crippen LogP contribution in [0.1, 0.15) is 11.1 Å². The van der Waals surface area contributed by atoms with Crippen molar-refractivity contribution in [3.63, 3.8) is 0 Å². The molecular weight excluding hydrogens is 322 g/mol. The van der Waals surface area contributed by atoms with Crippen molar-refractivity contribution in [2.75, 3.05) is 0 Å².